The van der Waals surface area contributed by atoms with Crippen LogP contribution in [0.3, 0.4) is 0 Å². The second-order valence-electron chi connectivity index (χ2n) is 8.04. The van der Waals surface area contributed by atoms with Gasteiger partial charge in [-0.25, -0.2) is 9.97 Å². The molecule has 3 aromatic rings. The topological polar surface area (TPSA) is 122 Å². The zero-order chi connectivity index (χ0) is 24.1. The van der Waals surface area contributed by atoms with E-state index in [9.17, 15) is 9.59 Å². The van der Waals surface area contributed by atoms with E-state index in [1.54, 1.807) is 54.1 Å². The lowest BCUT2D eigenvalue weighted by Crippen LogP contribution is -2.30. The number of nitrogens with one attached hydrogen (secondary N) is 1. The number of aryl methyl sites for hydroxylation is 1. The third kappa shape index (κ3) is 4.90. The molecule has 0 spiro atoms. The number of hydrogen-bond donors (Lipinski definition) is 1. The molecule has 1 N–H and O–H groups in total. The molecular weight excluding hydrogens is 436 g/mol. The van der Waals surface area contributed by atoms with Gasteiger partial charge in [-0.05, 0) is 37.1 Å². The van der Waals surface area contributed by atoms with Crippen molar-refractivity contribution in [2.45, 2.75) is 25.5 Å². The molecule has 4 rings (SSSR count). The smallest absolute Gasteiger partial charge is 0.258 e. The van der Waals surface area contributed by atoms with Crippen LogP contribution in [0, 0.1) is 11.3 Å². The standard InChI is InChI=1S/C24H26N6O4/c1-33-10-4-8-30-21-20(12-18(14-26-21)23(32)29-9-7-19(15-29)34-2)27-24(30)28-22(31)17-6-3-5-16(11-17)13-25/h3,5-6,11-12,14,19H,4,7-10,15H2,1-2H3,(H,27,28,31)/t19-/m1/s1. The molecular formula is C24H26N6O4. The van der Waals surface area contributed by atoms with Crippen molar-refractivity contribution in [2.24, 2.45) is 0 Å². The van der Waals surface area contributed by atoms with Crippen LogP contribution in [-0.2, 0) is 16.0 Å². The van der Waals surface area contributed by atoms with Gasteiger partial charge in [0.2, 0.25) is 5.95 Å². The van der Waals surface area contributed by atoms with E-state index < -0.39 is 0 Å². The minimum absolute atomic E-state index is 0.0435. The van der Waals surface area contributed by atoms with Crippen molar-refractivity contribution >= 4 is 28.9 Å². The van der Waals surface area contributed by atoms with Gasteiger partial charge in [-0.3, -0.25) is 19.5 Å². The van der Waals surface area contributed by atoms with Crippen LogP contribution in [0.15, 0.2) is 36.5 Å². The number of hydrogen-bond acceptors (Lipinski definition) is 7. The van der Waals surface area contributed by atoms with E-state index in [0.29, 0.717) is 66.5 Å². The van der Waals surface area contributed by atoms with Crippen LogP contribution in [-0.4, -0.2) is 71.3 Å². The molecule has 1 aliphatic heterocycles. The predicted molar refractivity (Wildman–Crippen MR) is 124 cm³/mol. The Morgan fingerprint density at radius 2 is 2.12 bits per heavy atom. The van der Waals surface area contributed by atoms with E-state index in [4.69, 9.17) is 14.7 Å². The summed E-state index contributed by atoms with van der Waals surface area (Å²) in [6, 6.07) is 10.2. The lowest BCUT2D eigenvalue weighted by Gasteiger charge is -2.16. The highest BCUT2D eigenvalue weighted by Gasteiger charge is 2.27. The summed E-state index contributed by atoms with van der Waals surface area (Å²) < 4.78 is 12.3. The predicted octanol–water partition coefficient (Wildman–Crippen LogP) is 2.45. The molecule has 0 unspecified atom stereocenters. The summed E-state index contributed by atoms with van der Waals surface area (Å²) in [5, 5.41) is 11.9. The Labute approximate surface area is 197 Å². The van der Waals surface area contributed by atoms with Gasteiger partial charge in [0.05, 0.1) is 23.3 Å². The van der Waals surface area contributed by atoms with Crippen LogP contribution < -0.4 is 5.32 Å². The van der Waals surface area contributed by atoms with Crippen molar-refractivity contribution in [3.8, 4) is 6.07 Å². The summed E-state index contributed by atoms with van der Waals surface area (Å²) in [5.41, 5.74) is 2.24. The fourth-order valence-electron chi connectivity index (χ4n) is 3.99. The number of carbonyl (C=O) groups excluding carboxylic acids is 2. The zero-order valence-electron chi connectivity index (χ0n) is 19.2. The number of fused-ring (bicyclic) bond motifs is 1. The first kappa shape index (κ1) is 23.4. The molecule has 10 nitrogen and oxygen atoms in total. The number of aromatic nitrogens is 3. The van der Waals surface area contributed by atoms with Gasteiger partial charge in [0.25, 0.3) is 11.8 Å². The Balaban J connectivity index is 1.63. The number of amides is 2. The van der Waals surface area contributed by atoms with Crippen LogP contribution in [0.5, 0.6) is 0 Å². The molecule has 0 bridgehead atoms. The Morgan fingerprint density at radius 3 is 2.85 bits per heavy atom. The Kier molecular flexibility index (Phi) is 7.15. The molecule has 2 aromatic heterocycles. The summed E-state index contributed by atoms with van der Waals surface area (Å²) in [7, 11) is 3.27. The van der Waals surface area contributed by atoms with Gasteiger partial charge in [-0.15, -0.1) is 0 Å². The number of benzene rings is 1. The van der Waals surface area contributed by atoms with Crippen molar-refractivity contribution in [3.05, 3.63) is 53.2 Å². The summed E-state index contributed by atoms with van der Waals surface area (Å²) in [6.45, 7) is 2.22. The number of ether oxygens (including phenoxy) is 2. The van der Waals surface area contributed by atoms with Gasteiger partial charge in [-0.1, -0.05) is 6.07 Å². The molecule has 0 saturated carbocycles. The molecule has 176 valence electrons. The lowest BCUT2D eigenvalue weighted by molar-refractivity contribution is 0.0724. The highest BCUT2D eigenvalue weighted by Crippen LogP contribution is 2.22. The van der Waals surface area contributed by atoms with E-state index in [1.807, 2.05) is 6.07 Å². The Bertz CT molecular complexity index is 1250. The van der Waals surface area contributed by atoms with Crippen molar-refractivity contribution in [2.75, 3.05) is 39.2 Å². The molecule has 1 saturated heterocycles. The average molecular weight is 463 g/mol. The number of imidazole rings is 1. The average Bonchev–Trinajstić information content (AvgIpc) is 3.48. The monoisotopic (exact) mass is 462 g/mol. The first-order valence-corrected chi connectivity index (χ1v) is 11.0. The molecule has 1 atom stereocenters. The molecule has 0 aliphatic carbocycles. The Hall–Kier alpha value is -3.81. The van der Waals surface area contributed by atoms with Crippen molar-refractivity contribution < 1.29 is 19.1 Å². The number of rotatable bonds is 8. The maximum atomic E-state index is 13.0. The summed E-state index contributed by atoms with van der Waals surface area (Å²) in [6.07, 6.45) is 3.07. The number of likely N-dealkylation sites (tertiary alicyclic amines) is 1. The fraction of sp³-hybridized carbons (Fsp3) is 0.375. The van der Waals surface area contributed by atoms with E-state index in [1.165, 1.54) is 6.07 Å². The number of nitrogens with zero attached hydrogens (tertiary/aromatic N) is 5. The number of nitriles is 1. The molecule has 1 aromatic carbocycles. The number of pyridine rings is 1. The van der Waals surface area contributed by atoms with Crippen LogP contribution in [0.2, 0.25) is 0 Å². The summed E-state index contributed by atoms with van der Waals surface area (Å²) >= 11 is 0. The van der Waals surface area contributed by atoms with Crippen molar-refractivity contribution in [3.63, 3.8) is 0 Å². The number of anilines is 1. The second kappa shape index (κ2) is 10.4. The number of carbonyl (C=O) groups is 2. The van der Waals surface area contributed by atoms with Crippen molar-refractivity contribution in [1.29, 1.82) is 5.26 Å². The SMILES string of the molecule is COCCCn1c(NC(=O)c2cccc(C#N)c2)nc2cc(C(=O)N3CC[C@@H](OC)C3)cnc21. The maximum Gasteiger partial charge on any atom is 0.258 e. The largest absolute Gasteiger partial charge is 0.385 e. The van der Waals surface area contributed by atoms with Gasteiger partial charge in [0, 0.05) is 52.2 Å². The van der Waals surface area contributed by atoms with Crippen LogP contribution >= 0.6 is 0 Å². The van der Waals surface area contributed by atoms with Gasteiger partial charge in [-0.2, -0.15) is 5.26 Å². The van der Waals surface area contributed by atoms with Crippen LogP contribution in [0.4, 0.5) is 5.95 Å². The van der Waals surface area contributed by atoms with E-state index in [2.05, 4.69) is 15.3 Å². The normalized spacial score (nSPS) is 15.4. The maximum absolute atomic E-state index is 13.0. The van der Waals surface area contributed by atoms with Crippen LogP contribution in [0.1, 0.15) is 39.1 Å². The summed E-state index contributed by atoms with van der Waals surface area (Å²) in [4.78, 5) is 36.6. The quantitative estimate of drug-likeness (QED) is 0.510. The highest BCUT2D eigenvalue weighted by atomic mass is 16.5. The molecule has 1 fully saturated rings. The van der Waals surface area contributed by atoms with Gasteiger partial charge in [0.15, 0.2) is 5.65 Å². The summed E-state index contributed by atoms with van der Waals surface area (Å²) in [5.74, 6) is -0.197. The third-order valence-electron chi connectivity index (χ3n) is 5.81. The number of methoxy groups -OCH3 is 2. The minimum atomic E-state index is -0.389. The van der Waals surface area contributed by atoms with Gasteiger partial charge >= 0.3 is 0 Å². The highest BCUT2D eigenvalue weighted by molar-refractivity contribution is 6.04. The zero-order valence-corrected chi connectivity index (χ0v) is 19.2. The molecule has 1 aliphatic rings. The third-order valence-corrected chi connectivity index (χ3v) is 5.81. The lowest BCUT2D eigenvalue weighted by atomic mass is 10.1. The first-order chi connectivity index (χ1) is 16.5. The first-order valence-electron chi connectivity index (χ1n) is 11.0. The van der Waals surface area contributed by atoms with E-state index >= 15 is 0 Å². The van der Waals surface area contributed by atoms with Gasteiger partial charge in [0.1, 0.15) is 5.52 Å². The molecule has 3 heterocycles. The van der Waals surface area contributed by atoms with E-state index in [0.717, 1.165) is 6.42 Å². The van der Waals surface area contributed by atoms with Gasteiger partial charge < -0.3 is 14.4 Å². The molecule has 10 heteroatoms. The molecule has 2 amide bonds. The van der Waals surface area contributed by atoms with Crippen LogP contribution in [0.25, 0.3) is 11.2 Å². The minimum Gasteiger partial charge on any atom is -0.385 e. The second-order valence-corrected chi connectivity index (χ2v) is 8.04. The Morgan fingerprint density at radius 1 is 1.26 bits per heavy atom. The molecule has 0 radical (unpaired) electrons. The van der Waals surface area contributed by atoms with Crippen molar-refractivity contribution in [1.82, 2.24) is 19.4 Å². The fourth-order valence-corrected chi connectivity index (χ4v) is 3.99. The van der Waals surface area contributed by atoms with E-state index in [-0.39, 0.29) is 17.9 Å². The molecule has 34 heavy (non-hydrogen) atoms.